The van der Waals surface area contributed by atoms with Crippen LogP contribution in [0, 0.1) is 5.82 Å². The van der Waals surface area contributed by atoms with Gasteiger partial charge in [-0.1, -0.05) is 24.3 Å². The molecule has 0 spiro atoms. The molecular weight excluding hydrogens is 311 g/mol. The Morgan fingerprint density at radius 3 is 3.00 bits per heavy atom. The molecule has 0 saturated carbocycles. The van der Waals surface area contributed by atoms with Crippen molar-refractivity contribution in [1.29, 1.82) is 0 Å². The molecule has 2 heterocycles. The minimum absolute atomic E-state index is 0.0655. The number of rotatable bonds is 3. The maximum atomic E-state index is 14.6. The predicted molar refractivity (Wildman–Crippen MR) is 86.8 cm³/mol. The van der Waals surface area contributed by atoms with Gasteiger partial charge in [0.1, 0.15) is 5.52 Å². The molecule has 0 atom stereocenters. The summed E-state index contributed by atoms with van der Waals surface area (Å²) < 4.78 is 24.9. The summed E-state index contributed by atoms with van der Waals surface area (Å²) in [6, 6.07) is 11.6. The summed E-state index contributed by atoms with van der Waals surface area (Å²) in [5.41, 5.74) is 2.97. The first-order valence-electron chi connectivity index (χ1n) is 7.67. The molecule has 0 aliphatic carbocycles. The van der Waals surface area contributed by atoms with Crippen LogP contribution < -0.4 is 4.90 Å². The molecule has 0 N–H and O–H groups in total. The SMILES string of the molecule is COC(=O)Cc1ccc2nc(N3CCc4ccccc43)oc2c1F. The molecule has 122 valence electrons. The minimum atomic E-state index is -0.566. The third kappa shape index (κ3) is 2.31. The molecule has 24 heavy (non-hydrogen) atoms. The summed E-state index contributed by atoms with van der Waals surface area (Å²) in [4.78, 5) is 17.7. The van der Waals surface area contributed by atoms with Crippen molar-refractivity contribution in [2.75, 3.05) is 18.6 Å². The number of halogens is 1. The number of nitrogens with zero attached hydrogens (tertiary/aromatic N) is 2. The monoisotopic (exact) mass is 326 g/mol. The zero-order valence-electron chi connectivity index (χ0n) is 13.1. The van der Waals surface area contributed by atoms with Gasteiger partial charge in [0.2, 0.25) is 0 Å². The van der Waals surface area contributed by atoms with E-state index in [9.17, 15) is 9.18 Å². The largest absolute Gasteiger partial charge is 0.469 e. The molecule has 1 aromatic heterocycles. The van der Waals surface area contributed by atoms with E-state index in [1.54, 1.807) is 12.1 Å². The van der Waals surface area contributed by atoms with Crippen molar-refractivity contribution in [3.8, 4) is 0 Å². The number of methoxy groups -OCH3 is 1. The fourth-order valence-corrected chi connectivity index (χ4v) is 3.01. The summed E-state index contributed by atoms with van der Waals surface area (Å²) in [6.45, 7) is 0.739. The van der Waals surface area contributed by atoms with E-state index in [0.717, 1.165) is 18.7 Å². The van der Waals surface area contributed by atoms with Crippen molar-refractivity contribution in [3.05, 3.63) is 53.3 Å². The van der Waals surface area contributed by atoms with Crippen molar-refractivity contribution in [1.82, 2.24) is 4.98 Å². The number of ether oxygens (including phenoxy) is 1. The van der Waals surface area contributed by atoms with Crippen LogP contribution in [0.15, 0.2) is 40.8 Å². The standard InChI is InChI=1S/C18H15FN2O3/c1-23-15(22)10-12-6-7-13-17(16(12)19)24-18(20-13)21-9-8-11-4-2-3-5-14(11)21/h2-7H,8-10H2,1H3. The molecule has 5 nitrogen and oxygen atoms in total. The average molecular weight is 326 g/mol. The lowest BCUT2D eigenvalue weighted by Crippen LogP contribution is -2.13. The molecule has 6 heteroatoms. The van der Waals surface area contributed by atoms with E-state index in [-0.39, 0.29) is 17.6 Å². The number of hydrogen-bond acceptors (Lipinski definition) is 5. The fraction of sp³-hybridized carbons (Fsp3) is 0.222. The lowest BCUT2D eigenvalue weighted by atomic mass is 10.1. The summed E-state index contributed by atoms with van der Waals surface area (Å²) in [5, 5.41) is 0. The summed E-state index contributed by atoms with van der Waals surface area (Å²) >= 11 is 0. The van der Waals surface area contributed by atoms with Crippen LogP contribution in [0.1, 0.15) is 11.1 Å². The van der Waals surface area contributed by atoms with Crippen molar-refractivity contribution in [2.24, 2.45) is 0 Å². The Labute approximate surface area is 137 Å². The van der Waals surface area contributed by atoms with Gasteiger partial charge in [-0.05, 0) is 24.1 Å². The van der Waals surface area contributed by atoms with Gasteiger partial charge in [0, 0.05) is 17.8 Å². The van der Waals surface area contributed by atoms with Crippen LogP contribution in [0.25, 0.3) is 11.1 Å². The maximum Gasteiger partial charge on any atom is 0.310 e. The Kier molecular flexibility index (Phi) is 3.45. The van der Waals surface area contributed by atoms with Crippen molar-refractivity contribution in [3.63, 3.8) is 0 Å². The molecule has 0 bridgehead atoms. The summed E-state index contributed by atoms with van der Waals surface area (Å²) in [6.07, 6.45) is 0.756. The Balaban J connectivity index is 1.74. The Bertz CT molecular complexity index is 935. The average Bonchev–Trinajstić information content (AvgIpc) is 3.21. The first-order valence-corrected chi connectivity index (χ1v) is 7.67. The van der Waals surface area contributed by atoms with E-state index in [1.807, 2.05) is 23.1 Å². The Hall–Kier alpha value is -2.89. The fourth-order valence-electron chi connectivity index (χ4n) is 3.01. The van der Waals surface area contributed by atoms with Gasteiger partial charge in [-0.15, -0.1) is 0 Å². The van der Waals surface area contributed by atoms with Crippen molar-refractivity contribution < 1.29 is 18.3 Å². The van der Waals surface area contributed by atoms with Crippen molar-refractivity contribution in [2.45, 2.75) is 12.8 Å². The third-order valence-electron chi connectivity index (χ3n) is 4.25. The highest BCUT2D eigenvalue weighted by atomic mass is 19.1. The molecule has 0 radical (unpaired) electrons. The van der Waals surface area contributed by atoms with Crippen molar-refractivity contribution >= 4 is 28.8 Å². The normalized spacial score (nSPS) is 13.3. The maximum absolute atomic E-state index is 14.6. The summed E-state index contributed by atoms with van der Waals surface area (Å²) in [7, 11) is 1.27. The van der Waals surface area contributed by atoms with Crippen LogP contribution in [0.4, 0.5) is 16.1 Å². The highest BCUT2D eigenvalue weighted by Gasteiger charge is 2.25. The van der Waals surface area contributed by atoms with Crippen LogP contribution in [0.2, 0.25) is 0 Å². The zero-order valence-corrected chi connectivity index (χ0v) is 13.1. The molecule has 2 aromatic carbocycles. The van der Waals surface area contributed by atoms with E-state index in [1.165, 1.54) is 12.7 Å². The van der Waals surface area contributed by atoms with E-state index in [2.05, 4.69) is 15.8 Å². The van der Waals surface area contributed by atoms with Crippen LogP contribution in [0.3, 0.4) is 0 Å². The third-order valence-corrected chi connectivity index (χ3v) is 4.25. The van der Waals surface area contributed by atoms with Crippen LogP contribution in [-0.4, -0.2) is 24.6 Å². The number of hydrogen-bond donors (Lipinski definition) is 0. The highest BCUT2D eigenvalue weighted by molar-refractivity contribution is 5.80. The number of para-hydroxylation sites is 1. The van der Waals surface area contributed by atoms with Crippen LogP contribution in [-0.2, 0) is 22.4 Å². The highest BCUT2D eigenvalue weighted by Crippen LogP contribution is 2.36. The number of anilines is 2. The lowest BCUT2D eigenvalue weighted by Gasteiger charge is -2.13. The topological polar surface area (TPSA) is 55.6 Å². The van der Waals surface area contributed by atoms with Gasteiger partial charge in [0.05, 0.1) is 13.5 Å². The second-order valence-electron chi connectivity index (χ2n) is 5.67. The van der Waals surface area contributed by atoms with Gasteiger partial charge >= 0.3 is 12.0 Å². The van der Waals surface area contributed by atoms with Crippen LogP contribution in [0.5, 0.6) is 0 Å². The number of oxazole rings is 1. The molecule has 1 aliphatic rings. The summed E-state index contributed by atoms with van der Waals surface area (Å²) in [5.74, 6) is -1.06. The van der Waals surface area contributed by atoms with Crippen LogP contribution >= 0.6 is 0 Å². The lowest BCUT2D eigenvalue weighted by molar-refractivity contribution is -0.139. The smallest absolute Gasteiger partial charge is 0.310 e. The minimum Gasteiger partial charge on any atom is -0.469 e. The number of carbonyl (C=O) groups excluding carboxylic acids is 1. The number of fused-ring (bicyclic) bond motifs is 2. The first kappa shape index (κ1) is 14.7. The van der Waals surface area contributed by atoms with Gasteiger partial charge in [-0.2, -0.15) is 4.98 Å². The molecule has 0 fully saturated rings. The van der Waals surface area contributed by atoms with E-state index in [4.69, 9.17) is 4.42 Å². The Morgan fingerprint density at radius 2 is 2.17 bits per heavy atom. The second kappa shape index (κ2) is 5.63. The molecule has 0 saturated heterocycles. The number of benzene rings is 2. The predicted octanol–water partition coefficient (Wildman–Crippen LogP) is 3.38. The van der Waals surface area contributed by atoms with Gasteiger partial charge in [-0.3, -0.25) is 9.69 Å². The Morgan fingerprint density at radius 1 is 1.33 bits per heavy atom. The quantitative estimate of drug-likeness (QED) is 0.691. The van der Waals surface area contributed by atoms with E-state index in [0.29, 0.717) is 11.5 Å². The molecule has 4 rings (SSSR count). The van der Waals surface area contributed by atoms with Gasteiger partial charge in [0.15, 0.2) is 11.4 Å². The molecule has 1 aliphatic heterocycles. The van der Waals surface area contributed by atoms with Gasteiger partial charge < -0.3 is 9.15 Å². The second-order valence-corrected chi connectivity index (χ2v) is 5.67. The van der Waals surface area contributed by atoms with Gasteiger partial charge in [0.25, 0.3) is 0 Å². The zero-order chi connectivity index (χ0) is 16.7. The van der Waals surface area contributed by atoms with Gasteiger partial charge in [-0.25, -0.2) is 4.39 Å². The molecular formula is C18H15FN2O3. The van der Waals surface area contributed by atoms with E-state index < -0.39 is 11.8 Å². The number of carbonyl (C=O) groups is 1. The molecule has 0 amide bonds. The number of aromatic nitrogens is 1. The number of esters is 1. The molecule has 3 aromatic rings. The molecule has 0 unspecified atom stereocenters. The van der Waals surface area contributed by atoms with E-state index >= 15 is 0 Å². The first-order chi connectivity index (χ1) is 11.7.